The fourth-order valence-corrected chi connectivity index (χ4v) is 4.19. The van der Waals surface area contributed by atoms with Gasteiger partial charge in [0.25, 0.3) is 5.91 Å². The summed E-state index contributed by atoms with van der Waals surface area (Å²) in [5.41, 5.74) is 8.63. The lowest BCUT2D eigenvalue weighted by Crippen LogP contribution is -2.39. The van der Waals surface area contributed by atoms with Crippen molar-refractivity contribution in [2.24, 2.45) is 5.73 Å². The summed E-state index contributed by atoms with van der Waals surface area (Å²) in [5, 5.41) is 1.54. The Bertz CT molecular complexity index is 1070. The molecular weight excluding hydrogens is 386 g/mol. The van der Waals surface area contributed by atoms with Crippen molar-refractivity contribution < 1.29 is 9.59 Å². The van der Waals surface area contributed by atoms with Gasteiger partial charge < -0.3 is 10.6 Å². The number of hydrogen-bond acceptors (Lipinski definition) is 3. The maximum atomic E-state index is 12.7. The van der Waals surface area contributed by atoms with Crippen molar-refractivity contribution in [3.8, 4) is 0 Å². The van der Waals surface area contributed by atoms with Gasteiger partial charge in [-0.25, -0.2) is 0 Å². The number of primary amides is 1. The number of amides is 2. The molecule has 1 fully saturated rings. The molecule has 0 spiro atoms. The summed E-state index contributed by atoms with van der Waals surface area (Å²) in [6.07, 6.45) is 1.85. The van der Waals surface area contributed by atoms with E-state index in [9.17, 15) is 9.59 Å². The van der Waals surface area contributed by atoms with Crippen LogP contribution >= 0.6 is 11.6 Å². The highest BCUT2D eigenvalue weighted by Crippen LogP contribution is 2.31. The molecule has 1 aromatic heterocycles. The van der Waals surface area contributed by atoms with Gasteiger partial charge in [-0.15, -0.1) is 0 Å². The van der Waals surface area contributed by atoms with E-state index in [1.54, 1.807) is 6.07 Å². The molecule has 0 radical (unpaired) electrons. The highest BCUT2D eigenvalue weighted by Gasteiger charge is 2.27. The zero-order chi connectivity index (χ0) is 20.4. The minimum Gasteiger partial charge on any atom is -0.366 e. The number of pyridine rings is 1. The molecule has 4 rings (SSSR count). The van der Waals surface area contributed by atoms with Crippen molar-refractivity contribution in [2.75, 3.05) is 13.1 Å². The molecule has 148 valence electrons. The van der Waals surface area contributed by atoms with E-state index in [4.69, 9.17) is 22.3 Å². The van der Waals surface area contributed by atoms with Crippen molar-refractivity contribution in [3.05, 3.63) is 76.4 Å². The maximum absolute atomic E-state index is 12.7. The van der Waals surface area contributed by atoms with E-state index >= 15 is 0 Å². The average Bonchev–Trinajstić information content (AvgIpc) is 2.73. The minimum absolute atomic E-state index is 0.0901. The van der Waals surface area contributed by atoms with Crippen molar-refractivity contribution in [2.45, 2.75) is 25.2 Å². The van der Waals surface area contributed by atoms with Crippen LogP contribution in [0.5, 0.6) is 0 Å². The molecule has 0 bridgehead atoms. The Labute approximate surface area is 174 Å². The molecule has 0 unspecified atom stereocenters. The van der Waals surface area contributed by atoms with Crippen molar-refractivity contribution >= 4 is 34.3 Å². The number of para-hydroxylation sites is 1. The largest absolute Gasteiger partial charge is 0.366 e. The number of hydrogen-bond donors (Lipinski definition) is 1. The second kappa shape index (κ2) is 8.21. The quantitative estimate of drug-likeness (QED) is 0.711. The molecule has 1 aliphatic heterocycles. The van der Waals surface area contributed by atoms with Crippen LogP contribution in [-0.4, -0.2) is 34.8 Å². The van der Waals surface area contributed by atoms with Crippen LogP contribution in [0, 0.1) is 0 Å². The van der Waals surface area contributed by atoms with Gasteiger partial charge in [0.2, 0.25) is 5.91 Å². The molecule has 0 saturated carbocycles. The topological polar surface area (TPSA) is 76.3 Å². The van der Waals surface area contributed by atoms with Crippen molar-refractivity contribution in [1.82, 2.24) is 9.88 Å². The van der Waals surface area contributed by atoms with E-state index in [1.807, 2.05) is 53.4 Å². The fraction of sp³-hybridized carbons (Fsp3) is 0.261. The second-order valence-corrected chi connectivity index (χ2v) is 7.88. The number of rotatable bonds is 4. The Morgan fingerprint density at radius 2 is 1.83 bits per heavy atom. The molecule has 2 heterocycles. The Hall–Kier alpha value is -2.92. The number of carbonyl (C=O) groups excluding carboxylic acids is 2. The highest BCUT2D eigenvalue weighted by atomic mass is 35.5. The number of benzene rings is 2. The van der Waals surface area contributed by atoms with Crippen molar-refractivity contribution in [1.29, 1.82) is 0 Å². The minimum atomic E-state index is -0.460. The molecule has 29 heavy (non-hydrogen) atoms. The lowest BCUT2D eigenvalue weighted by molar-refractivity contribution is -0.131. The number of nitrogens with two attached hydrogens (primary N) is 1. The number of piperidine rings is 1. The fourth-order valence-electron chi connectivity index (χ4n) is 3.98. The molecule has 2 amide bonds. The predicted molar refractivity (Wildman–Crippen MR) is 114 cm³/mol. The Balaban J connectivity index is 1.48. The first-order valence-corrected chi connectivity index (χ1v) is 10.1. The van der Waals surface area contributed by atoms with Gasteiger partial charge in [0.05, 0.1) is 23.2 Å². The maximum Gasteiger partial charge on any atom is 0.250 e. The van der Waals surface area contributed by atoms with Crippen LogP contribution in [0.25, 0.3) is 10.9 Å². The smallest absolute Gasteiger partial charge is 0.250 e. The lowest BCUT2D eigenvalue weighted by Gasteiger charge is -2.32. The number of aromatic nitrogens is 1. The van der Waals surface area contributed by atoms with Gasteiger partial charge >= 0.3 is 0 Å². The van der Waals surface area contributed by atoms with Gasteiger partial charge in [0, 0.05) is 29.4 Å². The predicted octanol–water partition coefficient (Wildman–Crippen LogP) is 3.94. The summed E-state index contributed by atoms with van der Waals surface area (Å²) >= 11 is 6.01. The highest BCUT2D eigenvalue weighted by molar-refractivity contribution is 6.30. The van der Waals surface area contributed by atoms with Gasteiger partial charge in [-0.1, -0.05) is 41.9 Å². The summed E-state index contributed by atoms with van der Waals surface area (Å²) < 4.78 is 0. The number of likely N-dealkylation sites (tertiary alicyclic amines) is 1. The summed E-state index contributed by atoms with van der Waals surface area (Å²) in [6.45, 7) is 1.27. The van der Waals surface area contributed by atoms with E-state index in [-0.39, 0.29) is 11.8 Å². The molecule has 0 atom stereocenters. The van der Waals surface area contributed by atoms with Crippen LogP contribution in [0.3, 0.4) is 0 Å². The average molecular weight is 408 g/mol. The Kier molecular flexibility index (Phi) is 5.49. The zero-order valence-electron chi connectivity index (χ0n) is 16.0. The summed E-state index contributed by atoms with van der Waals surface area (Å²) in [4.78, 5) is 31.3. The van der Waals surface area contributed by atoms with Crippen LogP contribution in [0.15, 0.2) is 54.6 Å². The third-order valence-corrected chi connectivity index (χ3v) is 5.73. The number of nitrogens with zero attached hydrogens (tertiary/aromatic N) is 2. The number of carbonyl (C=O) groups is 2. The zero-order valence-corrected chi connectivity index (χ0v) is 16.7. The SMILES string of the molecule is NC(=O)c1cc2ccccc2nc1C1CCN(C(=O)Cc2cccc(Cl)c2)CC1. The van der Waals surface area contributed by atoms with Crippen LogP contribution in [0.4, 0.5) is 0 Å². The molecular formula is C23H22ClN3O2. The van der Waals surface area contributed by atoms with E-state index in [2.05, 4.69) is 0 Å². The molecule has 1 aliphatic rings. The molecule has 6 heteroatoms. The van der Waals surface area contributed by atoms with Gasteiger partial charge in [0.1, 0.15) is 0 Å². The van der Waals surface area contributed by atoms with Crippen LogP contribution in [0.1, 0.15) is 40.4 Å². The van der Waals surface area contributed by atoms with Gasteiger partial charge in [0.15, 0.2) is 0 Å². The third-order valence-electron chi connectivity index (χ3n) is 5.50. The standard InChI is InChI=1S/C23H22ClN3O2/c24-18-6-3-4-15(12-18)13-21(28)27-10-8-16(9-11-27)22-19(23(25)29)14-17-5-1-2-7-20(17)26-22/h1-7,12,14,16H,8-11,13H2,(H2,25,29). The van der Waals surface area contributed by atoms with Crippen LogP contribution in [-0.2, 0) is 11.2 Å². The van der Waals surface area contributed by atoms with E-state index in [0.717, 1.165) is 35.0 Å². The summed E-state index contributed by atoms with van der Waals surface area (Å²) in [6, 6.07) is 16.9. The van der Waals surface area contributed by atoms with E-state index in [1.165, 1.54) is 0 Å². The first-order chi connectivity index (χ1) is 14.0. The Morgan fingerprint density at radius 1 is 1.07 bits per heavy atom. The lowest BCUT2D eigenvalue weighted by atomic mass is 9.89. The van der Waals surface area contributed by atoms with E-state index in [0.29, 0.717) is 30.1 Å². The monoisotopic (exact) mass is 407 g/mol. The molecule has 2 N–H and O–H groups in total. The Morgan fingerprint density at radius 3 is 2.55 bits per heavy atom. The summed E-state index contributed by atoms with van der Waals surface area (Å²) in [5.74, 6) is -0.262. The molecule has 2 aromatic carbocycles. The number of halogens is 1. The number of fused-ring (bicyclic) bond motifs is 1. The normalized spacial score (nSPS) is 14.9. The van der Waals surface area contributed by atoms with Gasteiger partial charge in [-0.05, 0) is 42.7 Å². The molecule has 5 nitrogen and oxygen atoms in total. The van der Waals surface area contributed by atoms with Gasteiger partial charge in [-0.3, -0.25) is 14.6 Å². The summed E-state index contributed by atoms with van der Waals surface area (Å²) in [7, 11) is 0. The molecule has 1 saturated heterocycles. The van der Waals surface area contributed by atoms with Crippen LogP contribution in [0.2, 0.25) is 5.02 Å². The first kappa shape index (κ1) is 19.4. The van der Waals surface area contributed by atoms with E-state index < -0.39 is 5.91 Å². The van der Waals surface area contributed by atoms with Crippen molar-refractivity contribution in [3.63, 3.8) is 0 Å². The molecule has 3 aromatic rings. The molecule has 0 aliphatic carbocycles. The second-order valence-electron chi connectivity index (χ2n) is 7.44. The third kappa shape index (κ3) is 4.25. The van der Waals surface area contributed by atoms with Gasteiger partial charge in [-0.2, -0.15) is 0 Å². The van der Waals surface area contributed by atoms with Crippen LogP contribution < -0.4 is 5.73 Å². The first-order valence-electron chi connectivity index (χ1n) is 9.73.